The summed E-state index contributed by atoms with van der Waals surface area (Å²) in [7, 11) is 0. The van der Waals surface area contributed by atoms with Crippen LogP contribution in [0.15, 0.2) is 34.3 Å². The van der Waals surface area contributed by atoms with E-state index in [4.69, 9.17) is 4.74 Å². The minimum Gasteiger partial charge on any atom is -0.381 e. The minimum absolute atomic E-state index is 0.245. The molecule has 0 aromatic heterocycles. The lowest BCUT2D eigenvalue weighted by molar-refractivity contribution is 0.150. The second kappa shape index (κ2) is 5.46. The Balaban J connectivity index is 1.94. The van der Waals surface area contributed by atoms with Crippen LogP contribution in [0, 0.1) is 5.82 Å². The molecule has 1 aromatic rings. The monoisotopic (exact) mass is 285 g/mol. The molecular weight excluding hydrogens is 273 g/mol. The fourth-order valence-electron chi connectivity index (χ4n) is 1.55. The summed E-state index contributed by atoms with van der Waals surface area (Å²) < 4.78 is 18.8. The SMILES string of the molecule is Fc1ccc(NCC2=CCCOC2)cc1Br. The molecule has 1 N–H and O–H groups in total. The van der Waals surface area contributed by atoms with Gasteiger partial charge in [-0.15, -0.1) is 0 Å². The van der Waals surface area contributed by atoms with Gasteiger partial charge in [0, 0.05) is 12.2 Å². The van der Waals surface area contributed by atoms with Crippen molar-refractivity contribution in [2.75, 3.05) is 25.1 Å². The highest BCUT2D eigenvalue weighted by atomic mass is 79.9. The van der Waals surface area contributed by atoms with E-state index in [1.54, 1.807) is 12.1 Å². The van der Waals surface area contributed by atoms with E-state index in [1.807, 2.05) is 0 Å². The van der Waals surface area contributed by atoms with E-state index in [2.05, 4.69) is 27.3 Å². The summed E-state index contributed by atoms with van der Waals surface area (Å²) in [5, 5.41) is 3.24. The summed E-state index contributed by atoms with van der Waals surface area (Å²) in [6.45, 7) is 2.25. The van der Waals surface area contributed by atoms with Crippen LogP contribution in [-0.2, 0) is 4.74 Å². The summed E-state index contributed by atoms with van der Waals surface area (Å²) >= 11 is 3.16. The number of hydrogen-bond acceptors (Lipinski definition) is 2. The normalized spacial score (nSPS) is 15.8. The molecule has 0 amide bonds. The summed E-state index contributed by atoms with van der Waals surface area (Å²) in [6.07, 6.45) is 3.17. The maximum absolute atomic E-state index is 13.0. The third-order valence-electron chi connectivity index (χ3n) is 2.42. The van der Waals surface area contributed by atoms with Crippen molar-refractivity contribution in [1.82, 2.24) is 0 Å². The first-order chi connectivity index (χ1) is 7.75. The molecule has 16 heavy (non-hydrogen) atoms. The molecule has 2 rings (SSSR count). The van der Waals surface area contributed by atoms with Gasteiger partial charge in [0.1, 0.15) is 5.82 Å². The zero-order valence-electron chi connectivity index (χ0n) is 8.80. The second-order valence-corrected chi connectivity index (χ2v) is 4.54. The smallest absolute Gasteiger partial charge is 0.137 e. The Kier molecular flexibility index (Phi) is 3.96. The van der Waals surface area contributed by atoms with E-state index in [9.17, 15) is 4.39 Å². The number of rotatable bonds is 3. The predicted molar refractivity (Wildman–Crippen MR) is 66.1 cm³/mol. The third-order valence-corrected chi connectivity index (χ3v) is 3.03. The van der Waals surface area contributed by atoms with Gasteiger partial charge in [0.25, 0.3) is 0 Å². The lowest BCUT2D eigenvalue weighted by Crippen LogP contribution is -2.13. The van der Waals surface area contributed by atoms with Gasteiger partial charge in [0.15, 0.2) is 0 Å². The molecule has 0 bridgehead atoms. The second-order valence-electron chi connectivity index (χ2n) is 3.69. The molecule has 0 spiro atoms. The highest BCUT2D eigenvalue weighted by Gasteiger charge is 2.04. The summed E-state index contributed by atoms with van der Waals surface area (Å²) in [4.78, 5) is 0. The molecule has 0 fully saturated rings. The Morgan fingerprint density at radius 1 is 1.44 bits per heavy atom. The first-order valence-electron chi connectivity index (χ1n) is 5.20. The highest BCUT2D eigenvalue weighted by Crippen LogP contribution is 2.20. The summed E-state index contributed by atoms with van der Waals surface area (Å²) in [6, 6.07) is 4.90. The maximum atomic E-state index is 13.0. The Labute approximate surface area is 103 Å². The van der Waals surface area contributed by atoms with Gasteiger partial charge < -0.3 is 10.1 Å². The fraction of sp³-hybridized carbons (Fsp3) is 0.333. The number of nitrogens with one attached hydrogen (secondary N) is 1. The molecule has 0 atom stereocenters. The van der Waals surface area contributed by atoms with Crippen molar-refractivity contribution in [3.8, 4) is 0 Å². The van der Waals surface area contributed by atoms with Crippen molar-refractivity contribution in [3.63, 3.8) is 0 Å². The van der Waals surface area contributed by atoms with Gasteiger partial charge >= 0.3 is 0 Å². The standard InChI is InChI=1S/C12H13BrFNO/c13-11-6-10(3-4-12(11)14)15-7-9-2-1-5-16-8-9/h2-4,6,15H,1,5,7-8H2. The number of anilines is 1. The van der Waals surface area contributed by atoms with E-state index in [0.29, 0.717) is 11.1 Å². The molecular formula is C12H13BrFNO. The Morgan fingerprint density at radius 3 is 3.00 bits per heavy atom. The molecule has 1 heterocycles. The lowest BCUT2D eigenvalue weighted by Gasteiger charge is -2.15. The number of benzene rings is 1. The first kappa shape index (κ1) is 11.6. The van der Waals surface area contributed by atoms with Gasteiger partial charge in [-0.05, 0) is 46.1 Å². The van der Waals surface area contributed by atoms with Gasteiger partial charge in [0.05, 0.1) is 17.7 Å². The van der Waals surface area contributed by atoms with Crippen LogP contribution in [0.4, 0.5) is 10.1 Å². The Morgan fingerprint density at radius 2 is 2.31 bits per heavy atom. The molecule has 4 heteroatoms. The van der Waals surface area contributed by atoms with E-state index in [1.165, 1.54) is 11.6 Å². The molecule has 0 aliphatic carbocycles. The van der Waals surface area contributed by atoms with Crippen molar-refractivity contribution in [2.24, 2.45) is 0 Å². The molecule has 0 saturated carbocycles. The first-order valence-corrected chi connectivity index (χ1v) is 5.99. The van der Waals surface area contributed by atoms with E-state index >= 15 is 0 Å². The zero-order chi connectivity index (χ0) is 11.4. The Hall–Kier alpha value is -0.870. The van der Waals surface area contributed by atoms with Crippen molar-refractivity contribution < 1.29 is 9.13 Å². The average Bonchev–Trinajstić information content (AvgIpc) is 2.32. The quantitative estimate of drug-likeness (QED) is 0.860. The van der Waals surface area contributed by atoms with E-state index in [0.717, 1.165) is 25.3 Å². The molecule has 86 valence electrons. The predicted octanol–water partition coefficient (Wildman–Crippen LogP) is 3.35. The van der Waals surface area contributed by atoms with Gasteiger partial charge in [-0.25, -0.2) is 4.39 Å². The molecule has 2 nitrogen and oxygen atoms in total. The van der Waals surface area contributed by atoms with Crippen LogP contribution in [0.3, 0.4) is 0 Å². The van der Waals surface area contributed by atoms with Crippen LogP contribution in [-0.4, -0.2) is 19.8 Å². The van der Waals surface area contributed by atoms with Crippen molar-refractivity contribution in [1.29, 1.82) is 0 Å². The highest BCUT2D eigenvalue weighted by molar-refractivity contribution is 9.10. The van der Waals surface area contributed by atoms with E-state index in [-0.39, 0.29) is 5.82 Å². The van der Waals surface area contributed by atoms with Crippen LogP contribution in [0.1, 0.15) is 6.42 Å². The van der Waals surface area contributed by atoms with Crippen LogP contribution in [0.25, 0.3) is 0 Å². The van der Waals surface area contributed by atoms with Gasteiger partial charge in [0.2, 0.25) is 0 Å². The van der Waals surface area contributed by atoms with Crippen LogP contribution < -0.4 is 5.32 Å². The average molecular weight is 286 g/mol. The lowest BCUT2D eigenvalue weighted by atomic mass is 10.2. The van der Waals surface area contributed by atoms with Crippen molar-refractivity contribution in [3.05, 3.63) is 40.1 Å². The molecule has 1 aromatic carbocycles. The summed E-state index contributed by atoms with van der Waals surface area (Å²) in [5.74, 6) is -0.245. The van der Waals surface area contributed by atoms with Gasteiger partial charge in [-0.3, -0.25) is 0 Å². The molecule has 0 unspecified atom stereocenters. The molecule has 1 aliphatic rings. The molecule has 0 radical (unpaired) electrons. The molecule has 1 aliphatic heterocycles. The van der Waals surface area contributed by atoms with E-state index < -0.39 is 0 Å². The zero-order valence-corrected chi connectivity index (χ0v) is 10.4. The largest absolute Gasteiger partial charge is 0.381 e. The number of halogens is 2. The van der Waals surface area contributed by atoms with Gasteiger partial charge in [-0.2, -0.15) is 0 Å². The number of hydrogen-bond donors (Lipinski definition) is 1. The summed E-state index contributed by atoms with van der Waals surface area (Å²) in [5.41, 5.74) is 2.14. The molecule has 0 saturated heterocycles. The minimum atomic E-state index is -0.245. The topological polar surface area (TPSA) is 21.3 Å². The number of ether oxygens (including phenoxy) is 1. The Bertz CT molecular complexity index is 406. The third kappa shape index (κ3) is 3.06. The van der Waals surface area contributed by atoms with Crippen molar-refractivity contribution in [2.45, 2.75) is 6.42 Å². The van der Waals surface area contributed by atoms with Crippen molar-refractivity contribution >= 4 is 21.6 Å². The fourth-order valence-corrected chi connectivity index (χ4v) is 1.93. The van der Waals surface area contributed by atoms with Crippen LogP contribution in [0.5, 0.6) is 0 Å². The van der Waals surface area contributed by atoms with Crippen LogP contribution >= 0.6 is 15.9 Å². The van der Waals surface area contributed by atoms with Crippen LogP contribution in [0.2, 0.25) is 0 Å². The van der Waals surface area contributed by atoms with Gasteiger partial charge in [-0.1, -0.05) is 6.08 Å². The maximum Gasteiger partial charge on any atom is 0.137 e.